The van der Waals surface area contributed by atoms with E-state index in [9.17, 15) is 14.7 Å². The Labute approximate surface area is 129 Å². The number of carbonyl (C=O) groups excluding carboxylic acids is 1. The van der Waals surface area contributed by atoms with Crippen LogP contribution >= 0.6 is 0 Å². The van der Waals surface area contributed by atoms with Crippen LogP contribution in [0, 0.1) is 0 Å². The molecule has 1 unspecified atom stereocenters. The molecular formula is C14H24N2O6. The Morgan fingerprint density at radius 2 is 2.09 bits per heavy atom. The van der Waals surface area contributed by atoms with E-state index in [1.807, 2.05) is 0 Å². The highest BCUT2D eigenvalue weighted by Crippen LogP contribution is 2.19. The summed E-state index contributed by atoms with van der Waals surface area (Å²) >= 11 is 0. The number of carbonyl (C=O) groups is 2. The second-order valence-corrected chi connectivity index (χ2v) is 4.86. The first-order valence-corrected chi connectivity index (χ1v) is 7.22. The maximum Gasteiger partial charge on any atom is 0.350 e. The third-order valence-corrected chi connectivity index (χ3v) is 3.36. The van der Waals surface area contributed by atoms with Crippen LogP contribution in [0.3, 0.4) is 0 Å². The summed E-state index contributed by atoms with van der Waals surface area (Å²) in [6.45, 7) is 6.71. The maximum absolute atomic E-state index is 12.1. The summed E-state index contributed by atoms with van der Waals surface area (Å²) in [5, 5.41) is 9.42. The zero-order valence-electron chi connectivity index (χ0n) is 12.7. The predicted molar refractivity (Wildman–Crippen MR) is 78.4 cm³/mol. The minimum atomic E-state index is -2.07. The van der Waals surface area contributed by atoms with Gasteiger partial charge in [-0.2, -0.15) is 0 Å². The fourth-order valence-corrected chi connectivity index (χ4v) is 2.12. The standard InChI is InChI=1S/C14H24N2O6/c1-2-8-21-13(19)14(3-4-15,12(17)18)22-11-7-16-5-9-20-10-6-16/h2H,1,3-11,15H2,(H,17,18). The molecular weight excluding hydrogens is 292 g/mol. The summed E-state index contributed by atoms with van der Waals surface area (Å²) < 4.78 is 15.5. The van der Waals surface area contributed by atoms with Crippen LogP contribution in [0.15, 0.2) is 12.7 Å². The maximum atomic E-state index is 12.1. The Morgan fingerprint density at radius 3 is 2.64 bits per heavy atom. The van der Waals surface area contributed by atoms with Crippen molar-refractivity contribution in [2.24, 2.45) is 5.73 Å². The van der Waals surface area contributed by atoms with E-state index in [1.165, 1.54) is 6.08 Å². The largest absolute Gasteiger partial charge is 0.479 e. The molecule has 1 fully saturated rings. The van der Waals surface area contributed by atoms with Gasteiger partial charge in [-0.1, -0.05) is 12.7 Å². The molecule has 0 aromatic carbocycles. The van der Waals surface area contributed by atoms with Gasteiger partial charge in [0, 0.05) is 26.1 Å². The number of ether oxygens (including phenoxy) is 3. The van der Waals surface area contributed by atoms with Gasteiger partial charge in [0.05, 0.1) is 19.8 Å². The van der Waals surface area contributed by atoms with Gasteiger partial charge in [-0.3, -0.25) is 4.90 Å². The van der Waals surface area contributed by atoms with Crippen LogP contribution < -0.4 is 5.73 Å². The zero-order valence-corrected chi connectivity index (χ0v) is 12.7. The van der Waals surface area contributed by atoms with Gasteiger partial charge in [-0.15, -0.1) is 0 Å². The highest BCUT2D eigenvalue weighted by molar-refractivity contribution is 6.02. The molecule has 0 spiro atoms. The molecule has 22 heavy (non-hydrogen) atoms. The molecule has 0 aromatic rings. The van der Waals surface area contributed by atoms with Crippen LogP contribution in [0.25, 0.3) is 0 Å². The van der Waals surface area contributed by atoms with Gasteiger partial charge in [-0.05, 0) is 6.54 Å². The molecule has 126 valence electrons. The van der Waals surface area contributed by atoms with Crippen molar-refractivity contribution in [3.05, 3.63) is 12.7 Å². The van der Waals surface area contributed by atoms with Gasteiger partial charge in [0.15, 0.2) is 0 Å². The van der Waals surface area contributed by atoms with Crippen LogP contribution in [0.4, 0.5) is 0 Å². The zero-order chi connectivity index (χ0) is 16.4. The van der Waals surface area contributed by atoms with E-state index in [-0.39, 0.29) is 26.2 Å². The number of carboxylic acids is 1. The van der Waals surface area contributed by atoms with E-state index in [0.29, 0.717) is 19.8 Å². The Balaban J connectivity index is 2.64. The quantitative estimate of drug-likeness (QED) is 0.307. The summed E-state index contributed by atoms with van der Waals surface area (Å²) in [6, 6.07) is 0. The first-order chi connectivity index (χ1) is 10.6. The van der Waals surface area contributed by atoms with Gasteiger partial charge >= 0.3 is 11.9 Å². The predicted octanol–water partition coefficient (Wildman–Crippen LogP) is -0.763. The molecule has 8 heteroatoms. The number of esters is 1. The molecule has 1 saturated heterocycles. The number of aliphatic carboxylic acids is 1. The number of morpholine rings is 1. The lowest BCUT2D eigenvalue weighted by Gasteiger charge is -2.30. The number of carboxylic acid groups (broad SMARTS) is 1. The van der Waals surface area contributed by atoms with Gasteiger partial charge in [0.25, 0.3) is 5.60 Å². The van der Waals surface area contributed by atoms with Crippen molar-refractivity contribution in [2.75, 3.05) is 52.6 Å². The van der Waals surface area contributed by atoms with Gasteiger partial charge < -0.3 is 25.1 Å². The lowest BCUT2D eigenvalue weighted by atomic mass is 10.00. The molecule has 1 aliphatic heterocycles. The topological polar surface area (TPSA) is 111 Å². The highest BCUT2D eigenvalue weighted by Gasteiger charge is 2.48. The molecule has 0 amide bonds. The molecule has 0 saturated carbocycles. The van der Waals surface area contributed by atoms with Crippen molar-refractivity contribution in [3.8, 4) is 0 Å². The molecule has 0 aliphatic carbocycles. The molecule has 1 atom stereocenters. The molecule has 8 nitrogen and oxygen atoms in total. The average Bonchev–Trinajstić information content (AvgIpc) is 2.52. The molecule has 0 bridgehead atoms. The summed E-state index contributed by atoms with van der Waals surface area (Å²) in [5.74, 6) is -2.35. The number of hydrogen-bond donors (Lipinski definition) is 2. The highest BCUT2D eigenvalue weighted by atomic mass is 16.6. The summed E-state index contributed by atoms with van der Waals surface area (Å²) in [5.41, 5.74) is 3.37. The lowest BCUT2D eigenvalue weighted by Crippen LogP contribution is -2.52. The van der Waals surface area contributed by atoms with Crippen molar-refractivity contribution in [1.29, 1.82) is 0 Å². The smallest absolute Gasteiger partial charge is 0.350 e. The lowest BCUT2D eigenvalue weighted by molar-refractivity contribution is -0.188. The monoisotopic (exact) mass is 316 g/mol. The van der Waals surface area contributed by atoms with Gasteiger partial charge in [0.1, 0.15) is 6.61 Å². The molecule has 1 rings (SSSR count). The number of nitrogens with zero attached hydrogens (tertiary/aromatic N) is 1. The minimum absolute atomic E-state index is 0.00690. The van der Waals surface area contributed by atoms with Crippen molar-refractivity contribution < 1.29 is 28.9 Å². The molecule has 0 radical (unpaired) electrons. The summed E-state index contributed by atoms with van der Waals surface area (Å²) in [4.78, 5) is 25.7. The van der Waals surface area contributed by atoms with Gasteiger partial charge in [0.2, 0.25) is 0 Å². The Hall–Kier alpha value is -1.48. The Morgan fingerprint density at radius 1 is 1.41 bits per heavy atom. The van der Waals surface area contributed by atoms with Crippen LogP contribution in [0.1, 0.15) is 6.42 Å². The fraction of sp³-hybridized carbons (Fsp3) is 0.714. The normalized spacial score (nSPS) is 18.4. The van der Waals surface area contributed by atoms with E-state index >= 15 is 0 Å². The third-order valence-electron chi connectivity index (χ3n) is 3.36. The number of rotatable bonds is 10. The van der Waals surface area contributed by atoms with Crippen LogP contribution in [-0.4, -0.2) is 80.2 Å². The number of hydrogen-bond acceptors (Lipinski definition) is 7. The Bertz CT molecular complexity index is 384. The van der Waals surface area contributed by atoms with E-state index in [0.717, 1.165) is 13.1 Å². The number of nitrogens with two attached hydrogens (primary N) is 1. The molecule has 1 aliphatic rings. The average molecular weight is 316 g/mol. The minimum Gasteiger partial charge on any atom is -0.479 e. The van der Waals surface area contributed by atoms with Crippen molar-refractivity contribution in [2.45, 2.75) is 12.0 Å². The first-order valence-electron chi connectivity index (χ1n) is 7.22. The van der Waals surface area contributed by atoms with Crippen LogP contribution in [-0.2, 0) is 23.8 Å². The molecule has 1 heterocycles. The van der Waals surface area contributed by atoms with Crippen molar-refractivity contribution in [1.82, 2.24) is 4.90 Å². The van der Waals surface area contributed by atoms with Crippen molar-refractivity contribution >= 4 is 11.9 Å². The fourth-order valence-electron chi connectivity index (χ4n) is 2.12. The van der Waals surface area contributed by atoms with Gasteiger partial charge in [-0.25, -0.2) is 9.59 Å². The third kappa shape index (κ3) is 5.06. The van der Waals surface area contributed by atoms with Crippen LogP contribution in [0.5, 0.6) is 0 Å². The summed E-state index contributed by atoms with van der Waals surface area (Å²) in [6.07, 6.45) is 1.21. The Kier molecular flexibility index (Phi) is 8.03. The van der Waals surface area contributed by atoms with E-state index in [1.54, 1.807) is 0 Å². The van der Waals surface area contributed by atoms with E-state index in [4.69, 9.17) is 19.9 Å². The first kappa shape index (κ1) is 18.6. The second-order valence-electron chi connectivity index (χ2n) is 4.86. The second kappa shape index (κ2) is 9.52. The summed E-state index contributed by atoms with van der Waals surface area (Å²) in [7, 11) is 0. The van der Waals surface area contributed by atoms with Crippen molar-refractivity contribution in [3.63, 3.8) is 0 Å². The molecule has 3 N–H and O–H groups in total. The van der Waals surface area contributed by atoms with E-state index in [2.05, 4.69) is 11.5 Å². The molecule has 0 aromatic heterocycles. The SMILES string of the molecule is C=CCOC(=O)C(CCN)(OCCN1CCOCC1)C(=O)O. The van der Waals surface area contributed by atoms with E-state index < -0.39 is 17.5 Å². The van der Waals surface area contributed by atoms with Crippen LogP contribution in [0.2, 0.25) is 0 Å².